The summed E-state index contributed by atoms with van der Waals surface area (Å²) in [6, 6.07) is 15.0. The summed E-state index contributed by atoms with van der Waals surface area (Å²) in [7, 11) is 0. The SMILES string of the molecule is NCc1cc(F)ccc1SCc1ccccc1. The van der Waals surface area contributed by atoms with Gasteiger partial charge in [0.1, 0.15) is 5.82 Å². The summed E-state index contributed by atoms with van der Waals surface area (Å²) in [6.45, 7) is 0.370. The Morgan fingerprint density at radius 3 is 2.53 bits per heavy atom. The molecule has 0 aliphatic carbocycles. The van der Waals surface area contributed by atoms with E-state index in [1.807, 2.05) is 18.2 Å². The highest BCUT2D eigenvalue weighted by Crippen LogP contribution is 2.26. The van der Waals surface area contributed by atoms with Crippen LogP contribution < -0.4 is 5.73 Å². The lowest BCUT2D eigenvalue weighted by Crippen LogP contribution is -1.99. The molecule has 0 heterocycles. The second-order valence-corrected chi connectivity index (χ2v) is 4.75. The molecule has 0 fully saturated rings. The fourth-order valence-corrected chi connectivity index (χ4v) is 2.59. The molecule has 0 amide bonds. The van der Waals surface area contributed by atoms with Crippen LogP contribution >= 0.6 is 11.8 Å². The lowest BCUT2D eigenvalue weighted by molar-refractivity contribution is 0.623. The van der Waals surface area contributed by atoms with Crippen LogP contribution in [0.25, 0.3) is 0 Å². The molecule has 0 aliphatic rings. The number of rotatable bonds is 4. The van der Waals surface area contributed by atoms with Crippen molar-refractivity contribution in [3.8, 4) is 0 Å². The van der Waals surface area contributed by atoms with Gasteiger partial charge in [0.2, 0.25) is 0 Å². The van der Waals surface area contributed by atoms with E-state index in [1.54, 1.807) is 17.8 Å². The summed E-state index contributed by atoms with van der Waals surface area (Å²) < 4.78 is 13.0. The molecule has 17 heavy (non-hydrogen) atoms. The van der Waals surface area contributed by atoms with Gasteiger partial charge in [-0.25, -0.2) is 4.39 Å². The van der Waals surface area contributed by atoms with Crippen LogP contribution in [0.4, 0.5) is 4.39 Å². The Balaban J connectivity index is 2.09. The molecular formula is C14H14FNS. The summed E-state index contributed by atoms with van der Waals surface area (Å²) in [5.74, 6) is 0.647. The highest BCUT2D eigenvalue weighted by atomic mass is 32.2. The predicted octanol–water partition coefficient (Wildman–Crippen LogP) is 3.58. The second kappa shape index (κ2) is 5.84. The number of thioether (sulfide) groups is 1. The maximum Gasteiger partial charge on any atom is 0.123 e. The standard InChI is InChI=1S/C14H14FNS/c15-13-6-7-14(12(8-13)9-16)17-10-11-4-2-1-3-5-11/h1-8H,9-10,16H2. The molecule has 88 valence electrons. The average Bonchev–Trinajstić information content (AvgIpc) is 2.38. The number of hydrogen-bond acceptors (Lipinski definition) is 2. The van der Waals surface area contributed by atoms with Gasteiger partial charge in [0.25, 0.3) is 0 Å². The molecule has 2 N–H and O–H groups in total. The third-order valence-electron chi connectivity index (χ3n) is 2.48. The molecule has 2 rings (SSSR count). The lowest BCUT2D eigenvalue weighted by Gasteiger charge is -2.07. The molecule has 2 aromatic rings. The van der Waals surface area contributed by atoms with Crippen LogP contribution in [0, 0.1) is 5.82 Å². The maximum absolute atomic E-state index is 13.0. The van der Waals surface area contributed by atoms with Crippen molar-refractivity contribution in [1.82, 2.24) is 0 Å². The molecule has 0 aliphatic heterocycles. The fourth-order valence-electron chi connectivity index (χ4n) is 1.58. The van der Waals surface area contributed by atoms with E-state index in [4.69, 9.17) is 5.73 Å². The molecule has 2 aromatic carbocycles. The van der Waals surface area contributed by atoms with Crippen molar-refractivity contribution >= 4 is 11.8 Å². The van der Waals surface area contributed by atoms with Crippen LogP contribution in [0.2, 0.25) is 0 Å². The fraction of sp³-hybridized carbons (Fsp3) is 0.143. The Kier molecular flexibility index (Phi) is 4.18. The highest BCUT2D eigenvalue weighted by molar-refractivity contribution is 7.98. The van der Waals surface area contributed by atoms with Crippen molar-refractivity contribution in [3.05, 3.63) is 65.5 Å². The molecule has 0 saturated carbocycles. The van der Waals surface area contributed by atoms with Crippen molar-refractivity contribution in [3.63, 3.8) is 0 Å². The van der Waals surface area contributed by atoms with Gasteiger partial charge >= 0.3 is 0 Å². The maximum atomic E-state index is 13.0. The van der Waals surface area contributed by atoms with E-state index in [2.05, 4.69) is 12.1 Å². The van der Waals surface area contributed by atoms with E-state index < -0.39 is 0 Å². The van der Waals surface area contributed by atoms with Crippen LogP contribution in [0.3, 0.4) is 0 Å². The van der Waals surface area contributed by atoms with Crippen molar-refractivity contribution < 1.29 is 4.39 Å². The first-order valence-corrected chi connectivity index (χ1v) is 6.43. The normalized spacial score (nSPS) is 10.5. The van der Waals surface area contributed by atoms with Crippen LogP contribution in [-0.4, -0.2) is 0 Å². The molecule has 0 unspecified atom stereocenters. The lowest BCUT2D eigenvalue weighted by atomic mass is 10.2. The number of hydrogen-bond donors (Lipinski definition) is 1. The summed E-state index contributed by atoms with van der Waals surface area (Å²) >= 11 is 1.69. The monoisotopic (exact) mass is 247 g/mol. The zero-order valence-electron chi connectivity index (χ0n) is 9.40. The Morgan fingerprint density at radius 2 is 1.82 bits per heavy atom. The summed E-state index contributed by atoms with van der Waals surface area (Å²) in [4.78, 5) is 1.05. The van der Waals surface area contributed by atoms with E-state index in [0.29, 0.717) is 6.54 Å². The summed E-state index contributed by atoms with van der Waals surface area (Å²) in [5, 5.41) is 0. The molecule has 0 aromatic heterocycles. The van der Waals surface area contributed by atoms with Gasteiger partial charge in [0, 0.05) is 17.2 Å². The Morgan fingerprint density at radius 1 is 1.06 bits per heavy atom. The van der Waals surface area contributed by atoms with Gasteiger partial charge in [-0.1, -0.05) is 30.3 Å². The van der Waals surface area contributed by atoms with Crippen molar-refractivity contribution in [2.45, 2.75) is 17.2 Å². The van der Waals surface area contributed by atoms with Crippen LogP contribution in [0.1, 0.15) is 11.1 Å². The van der Waals surface area contributed by atoms with Gasteiger partial charge in [0.05, 0.1) is 0 Å². The Bertz CT molecular complexity index is 485. The van der Waals surface area contributed by atoms with Crippen molar-refractivity contribution in [2.24, 2.45) is 5.73 Å². The van der Waals surface area contributed by atoms with Gasteiger partial charge in [0.15, 0.2) is 0 Å². The van der Waals surface area contributed by atoms with Crippen molar-refractivity contribution in [2.75, 3.05) is 0 Å². The number of benzene rings is 2. The van der Waals surface area contributed by atoms with Gasteiger partial charge in [-0.3, -0.25) is 0 Å². The summed E-state index contributed by atoms with van der Waals surface area (Å²) in [6.07, 6.45) is 0. The smallest absolute Gasteiger partial charge is 0.123 e. The Labute approximate surface area is 105 Å². The van der Waals surface area contributed by atoms with Crippen LogP contribution in [-0.2, 0) is 12.3 Å². The molecule has 0 spiro atoms. The van der Waals surface area contributed by atoms with E-state index in [1.165, 1.54) is 17.7 Å². The minimum absolute atomic E-state index is 0.227. The van der Waals surface area contributed by atoms with Gasteiger partial charge in [-0.15, -0.1) is 11.8 Å². The molecule has 0 bridgehead atoms. The molecular weight excluding hydrogens is 233 g/mol. The number of halogens is 1. The largest absolute Gasteiger partial charge is 0.326 e. The highest BCUT2D eigenvalue weighted by Gasteiger charge is 2.03. The Hall–Kier alpha value is -1.32. The molecule has 0 saturated heterocycles. The van der Waals surface area contributed by atoms with Crippen LogP contribution in [0.5, 0.6) is 0 Å². The molecule has 0 atom stereocenters. The third-order valence-corrected chi connectivity index (χ3v) is 3.67. The van der Waals surface area contributed by atoms with E-state index in [-0.39, 0.29) is 5.82 Å². The quantitative estimate of drug-likeness (QED) is 0.836. The van der Waals surface area contributed by atoms with Gasteiger partial charge in [-0.05, 0) is 29.3 Å². The summed E-state index contributed by atoms with van der Waals surface area (Å²) in [5.41, 5.74) is 7.73. The van der Waals surface area contributed by atoms with E-state index in [9.17, 15) is 4.39 Å². The predicted molar refractivity (Wildman–Crippen MR) is 70.3 cm³/mol. The zero-order chi connectivity index (χ0) is 12.1. The zero-order valence-corrected chi connectivity index (χ0v) is 10.2. The first kappa shape index (κ1) is 12.1. The van der Waals surface area contributed by atoms with Crippen molar-refractivity contribution in [1.29, 1.82) is 0 Å². The number of nitrogens with two attached hydrogens (primary N) is 1. The molecule has 1 nitrogen and oxygen atoms in total. The van der Waals surface area contributed by atoms with Crippen LogP contribution in [0.15, 0.2) is 53.4 Å². The van der Waals surface area contributed by atoms with Gasteiger partial charge in [-0.2, -0.15) is 0 Å². The van der Waals surface area contributed by atoms with E-state index in [0.717, 1.165) is 16.2 Å². The topological polar surface area (TPSA) is 26.0 Å². The molecule has 0 radical (unpaired) electrons. The van der Waals surface area contributed by atoms with E-state index >= 15 is 0 Å². The molecule has 3 heteroatoms. The average molecular weight is 247 g/mol. The van der Waals surface area contributed by atoms with Gasteiger partial charge < -0.3 is 5.73 Å². The first-order valence-electron chi connectivity index (χ1n) is 5.45. The third kappa shape index (κ3) is 3.32. The first-order chi connectivity index (χ1) is 8.29. The second-order valence-electron chi connectivity index (χ2n) is 3.73. The minimum Gasteiger partial charge on any atom is -0.326 e. The minimum atomic E-state index is -0.227.